The second kappa shape index (κ2) is 15.8. The van der Waals surface area contributed by atoms with Crippen LogP contribution < -0.4 is 10.2 Å². The second-order valence-corrected chi connectivity index (χ2v) is 12.4. The van der Waals surface area contributed by atoms with E-state index in [2.05, 4.69) is 27.1 Å². The molecule has 3 heterocycles. The smallest absolute Gasteiger partial charge is 0.232 e. The van der Waals surface area contributed by atoms with E-state index in [-0.39, 0.29) is 5.91 Å². The van der Waals surface area contributed by atoms with Crippen molar-refractivity contribution < 1.29 is 19.0 Å². The highest BCUT2D eigenvalue weighted by Gasteiger charge is 2.24. The molecule has 2 aromatic carbocycles. The maximum Gasteiger partial charge on any atom is 0.232 e. The first-order chi connectivity index (χ1) is 21.6. The molecule has 1 atom stereocenters. The first-order valence-electron chi connectivity index (χ1n) is 14.3. The third-order valence-electron chi connectivity index (χ3n) is 7.06. The zero-order valence-electron chi connectivity index (χ0n) is 24.9. The molecule has 0 N–H and O–H groups in total. The molecule has 0 radical (unpaired) electrons. The fraction of sp³-hybridized carbons (Fsp3) is 0.303. The maximum atomic E-state index is 13.5. The van der Waals surface area contributed by atoms with Crippen LogP contribution >= 0.6 is 22.1 Å². The molecule has 11 heteroatoms. The lowest BCUT2D eigenvalue weighted by molar-refractivity contribution is -0.129. The van der Waals surface area contributed by atoms with Crippen LogP contribution in [-0.2, 0) is 33.8 Å². The van der Waals surface area contributed by atoms with Crippen LogP contribution in [-0.4, -0.2) is 77.0 Å². The number of nitrogens with zero attached hydrogens (tertiary/aromatic N) is 5. The van der Waals surface area contributed by atoms with Gasteiger partial charge in [-0.15, -0.1) is 10.5 Å². The SMILES string of the molecule is COCCN(CCOC)C(=O)CS1=CCc2c1n(Cc1ccccc1)cnc2=Nc1ccc(OCc2ccccn2)c(Cl)c1. The fourth-order valence-corrected chi connectivity index (χ4v) is 7.17. The Morgan fingerprint density at radius 3 is 2.50 bits per heavy atom. The number of rotatable bonds is 14. The molecular formula is C33H36ClN5O4S. The van der Waals surface area contributed by atoms with Crippen LogP contribution in [0.15, 0.2) is 89.3 Å². The summed E-state index contributed by atoms with van der Waals surface area (Å²) in [6.45, 7) is 2.95. The minimum Gasteiger partial charge on any atom is -0.486 e. The van der Waals surface area contributed by atoms with E-state index in [0.29, 0.717) is 73.6 Å². The standard InChI is InChI=1S/C33H36ClN5O4S/c1-41-17-15-38(16-18-42-2)31(40)23-44-19-13-28-32(36-24-39(33(28)44)21-25-8-4-3-5-9-25)37-26-11-12-30(29(34)20-26)43-22-27-10-6-7-14-35-27/h3-12,14,19-20,24H,13,15-18,21-23H2,1-2H3. The van der Waals surface area contributed by atoms with E-state index in [0.717, 1.165) is 21.8 Å². The van der Waals surface area contributed by atoms with Crippen molar-refractivity contribution in [1.29, 1.82) is 0 Å². The molecule has 0 saturated carbocycles. The van der Waals surface area contributed by atoms with Gasteiger partial charge in [-0.3, -0.25) is 9.78 Å². The molecule has 5 rings (SSSR count). The number of carbonyl (C=O) groups is 1. The number of amides is 1. The molecule has 4 aromatic rings. The van der Waals surface area contributed by atoms with Crippen molar-refractivity contribution >= 4 is 39.0 Å². The summed E-state index contributed by atoms with van der Waals surface area (Å²) in [5.74, 6) is 0.997. The van der Waals surface area contributed by atoms with E-state index in [1.807, 2.05) is 59.8 Å². The number of aromatic nitrogens is 3. The van der Waals surface area contributed by atoms with Crippen molar-refractivity contribution in [3.05, 3.63) is 107 Å². The molecule has 0 spiro atoms. The van der Waals surface area contributed by atoms with Crippen LogP contribution in [0.2, 0.25) is 5.02 Å². The van der Waals surface area contributed by atoms with Crippen LogP contribution in [0.5, 0.6) is 5.75 Å². The summed E-state index contributed by atoms with van der Waals surface area (Å²) in [6, 6.07) is 21.4. The first-order valence-corrected chi connectivity index (χ1v) is 16.2. The Bertz CT molecular complexity index is 1660. The average molecular weight is 634 g/mol. The molecule has 44 heavy (non-hydrogen) atoms. The third kappa shape index (κ3) is 8.21. The van der Waals surface area contributed by atoms with Crippen molar-refractivity contribution in [3.8, 4) is 5.75 Å². The maximum absolute atomic E-state index is 13.5. The van der Waals surface area contributed by atoms with Crippen LogP contribution in [0.4, 0.5) is 5.69 Å². The van der Waals surface area contributed by atoms with Gasteiger partial charge in [-0.2, -0.15) is 0 Å². The van der Waals surface area contributed by atoms with Crippen LogP contribution in [0.1, 0.15) is 16.8 Å². The number of methoxy groups -OCH3 is 2. The molecule has 1 aliphatic heterocycles. The minimum atomic E-state index is -0.433. The summed E-state index contributed by atoms with van der Waals surface area (Å²) in [5, 5.41) is 3.76. The number of fused-ring (bicyclic) bond motifs is 1. The second-order valence-electron chi connectivity index (χ2n) is 10.1. The minimum absolute atomic E-state index is 0.0705. The highest BCUT2D eigenvalue weighted by molar-refractivity contribution is 8.15. The van der Waals surface area contributed by atoms with Crippen molar-refractivity contribution in [1.82, 2.24) is 19.4 Å². The van der Waals surface area contributed by atoms with Gasteiger partial charge in [0.2, 0.25) is 5.91 Å². The van der Waals surface area contributed by atoms with E-state index in [1.54, 1.807) is 26.5 Å². The third-order valence-corrected chi connectivity index (χ3v) is 9.46. The number of benzene rings is 2. The van der Waals surface area contributed by atoms with Gasteiger partial charge in [-0.05, 0) is 35.9 Å². The molecule has 230 valence electrons. The van der Waals surface area contributed by atoms with Crippen LogP contribution in [0.25, 0.3) is 0 Å². The molecule has 1 aliphatic rings. The molecule has 1 unspecified atom stereocenters. The van der Waals surface area contributed by atoms with E-state index in [9.17, 15) is 4.79 Å². The number of ether oxygens (including phenoxy) is 3. The van der Waals surface area contributed by atoms with Gasteiger partial charge in [0.25, 0.3) is 0 Å². The highest BCUT2D eigenvalue weighted by Crippen LogP contribution is 2.35. The summed E-state index contributed by atoms with van der Waals surface area (Å²) in [5.41, 5.74) is 4.28. The van der Waals surface area contributed by atoms with Crippen LogP contribution in [0, 0.1) is 0 Å². The number of hydrogen-bond donors (Lipinski definition) is 0. The molecule has 0 aliphatic carbocycles. The van der Waals surface area contributed by atoms with E-state index >= 15 is 0 Å². The first kappa shape index (κ1) is 31.6. The fourth-order valence-electron chi connectivity index (χ4n) is 4.81. The van der Waals surface area contributed by atoms with Crippen molar-refractivity contribution in [3.63, 3.8) is 0 Å². The van der Waals surface area contributed by atoms with Gasteiger partial charge in [-0.1, -0.05) is 53.4 Å². The van der Waals surface area contributed by atoms with Crippen LogP contribution in [0.3, 0.4) is 0 Å². The lowest BCUT2D eigenvalue weighted by atomic mass is 10.2. The van der Waals surface area contributed by atoms with Crippen molar-refractivity contribution in [2.24, 2.45) is 4.99 Å². The average Bonchev–Trinajstić information content (AvgIpc) is 3.47. The van der Waals surface area contributed by atoms with E-state index in [1.165, 1.54) is 0 Å². The monoisotopic (exact) mass is 633 g/mol. The van der Waals surface area contributed by atoms with E-state index < -0.39 is 10.5 Å². The molecule has 1 amide bonds. The zero-order chi connectivity index (χ0) is 30.7. The molecule has 0 saturated heterocycles. The summed E-state index contributed by atoms with van der Waals surface area (Å²) in [6.07, 6.45) is 4.23. The number of carbonyl (C=O) groups excluding carboxylic acids is 1. The van der Waals surface area contributed by atoms with Gasteiger partial charge in [0.1, 0.15) is 12.4 Å². The Labute approximate surface area is 265 Å². The normalized spacial score (nSPS) is 14.2. The molecule has 0 bridgehead atoms. The highest BCUT2D eigenvalue weighted by atomic mass is 35.5. The van der Waals surface area contributed by atoms with E-state index in [4.69, 9.17) is 35.8 Å². The lowest BCUT2D eigenvalue weighted by Crippen LogP contribution is -2.38. The van der Waals surface area contributed by atoms with Gasteiger partial charge in [0.05, 0.1) is 46.7 Å². The summed E-state index contributed by atoms with van der Waals surface area (Å²) >= 11 is 6.58. The Hall–Kier alpha value is -3.83. The quantitative estimate of drug-likeness (QED) is 0.145. The van der Waals surface area contributed by atoms with Crippen molar-refractivity contribution in [2.75, 3.05) is 46.3 Å². The Morgan fingerprint density at radius 2 is 1.80 bits per heavy atom. The summed E-state index contributed by atoms with van der Waals surface area (Å²) in [7, 11) is 2.85. The summed E-state index contributed by atoms with van der Waals surface area (Å²) < 4.78 is 18.5. The summed E-state index contributed by atoms with van der Waals surface area (Å²) in [4.78, 5) is 29.3. The molecule has 0 fully saturated rings. The Kier molecular flexibility index (Phi) is 11.3. The predicted octanol–water partition coefficient (Wildman–Crippen LogP) is 4.90. The predicted molar refractivity (Wildman–Crippen MR) is 174 cm³/mol. The van der Waals surface area contributed by atoms with Gasteiger partial charge < -0.3 is 23.7 Å². The van der Waals surface area contributed by atoms with Crippen molar-refractivity contribution in [2.45, 2.75) is 24.6 Å². The topological polar surface area (TPSA) is 91.1 Å². The Balaban J connectivity index is 1.43. The number of halogens is 1. The van der Waals surface area contributed by atoms with Gasteiger partial charge in [-0.25, -0.2) is 9.98 Å². The van der Waals surface area contributed by atoms with Gasteiger partial charge >= 0.3 is 0 Å². The molecule has 9 nitrogen and oxygen atoms in total. The number of pyridine rings is 1. The molecule has 2 aromatic heterocycles. The zero-order valence-corrected chi connectivity index (χ0v) is 26.5. The molecular weight excluding hydrogens is 598 g/mol. The largest absolute Gasteiger partial charge is 0.486 e. The lowest BCUT2D eigenvalue weighted by Gasteiger charge is -2.23. The van der Waals surface area contributed by atoms with Gasteiger partial charge in [0, 0.05) is 52.0 Å². The Morgan fingerprint density at radius 1 is 1.02 bits per heavy atom. The number of hydrogen-bond acceptors (Lipinski definition) is 7. The van der Waals surface area contributed by atoms with Gasteiger partial charge in [0.15, 0.2) is 5.49 Å².